The van der Waals surface area contributed by atoms with Crippen LogP contribution in [0.4, 0.5) is 0 Å². The molecule has 1 saturated carbocycles. The Morgan fingerprint density at radius 3 is 2.94 bits per heavy atom. The summed E-state index contributed by atoms with van der Waals surface area (Å²) in [5.74, 6) is 6.30. The molecule has 96 valence electrons. The lowest BCUT2D eigenvalue weighted by molar-refractivity contribution is 0.0506. The van der Waals surface area contributed by atoms with E-state index in [2.05, 4.69) is 23.6 Å². The van der Waals surface area contributed by atoms with Gasteiger partial charge in [0.15, 0.2) is 0 Å². The van der Waals surface area contributed by atoms with E-state index in [4.69, 9.17) is 10.6 Å². The molecule has 2 atom stereocenters. The molecule has 1 aliphatic rings. The fraction of sp³-hybridized carbons (Fsp3) is 0.750. The van der Waals surface area contributed by atoms with Gasteiger partial charge < -0.3 is 4.74 Å². The Morgan fingerprint density at radius 2 is 2.41 bits per heavy atom. The number of nitrogens with zero attached hydrogens (tertiary/aromatic N) is 2. The van der Waals surface area contributed by atoms with Gasteiger partial charge in [-0.2, -0.15) is 5.10 Å². The summed E-state index contributed by atoms with van der Waals surface area (Å²) in [5, 5.41) is 4.34. The first kappa shape index (κ1) is 12.5. The van der Waals surface area contributed by atoms with Crippen molar-refractivity contribution in [2.75, 3.05) is 7.11 Å². The maximum absolute atomic E-state index is 5.66. The average molecular weight is 238 g/mol. The molecule has 0 saturated heterocycles. The molecule has 1 aliphatic carbocycles. The lowest BCUT2D eigenvalue weighted by atomic mass is 10.0. The van der Waals surface area contributed by atoms with Gasteiger partial charge in [-0.15, -0.1) is 0 Å². The van der Waals surface area contributed by atoms with Crippen LogP contribution in [0.25, 0.3) is 0 Å². The number of hydrazine groups is 1. The molecule has 0 amide bonds. The lowest BCUT2D eigenvalue weighted by Crippen LogP contribution is -2.38. The highest BCUT2D eigenvalue weighted by atomic mass is 16.5. The molecule has 0 bridgehead atoms. The molecular weight excluding hydrogens is 216 g/mol. The summed E-state index contributed by atoms with van der Waals surface area (Å²) in [4.78, 5) is 0. The van der Waals surface area contributed by atoms with Gasteiger partial charge in [0.2, 0.25) is 0 Å². The molecular formula is C12H22N4O. The van der Waals surface area contributed by atoms with E-state index < -0.39 is 0 Å². The maximum Gasteiger partial charge on any atom is 0.0808 e. The number of methoxy groups -OCH3 is 1. The van der Waals surface area contributed by atoms with Gasteiger partial charge in [0.05, 0.1) is 18.3 Å². The van der Waals surface area contributed by atoms with Crippen molar-refractivity contribution < 1.29 is 4.74 Å². The largest absolute Gasteiger partial charge is 0.379 e. The molecule has 0 aliphatic heterocycles. The van der Waals surface area contributed by atoms with Crippen molar-refractivity contribution in [3.05, 3.63) is 18.0 Å². The minimum atomic E-state index is 0.0399. The second-order valence-corrected chi connectivity index (χ2v) is 4.72. The molecule has 5 nitrogen and oxygen atoms in total. The fourth-order valence-corrected chi connectivity index (χ4v) is 2.30. The monoisotopic (exact) mass is 238 g/mol. The van der Waals surface area contributed by atoms with Gasteiger partial charge in [-0.05, 0) is 25.2 Å². The highest BCUT2D eigenvalue weighted by Gasteiger charge is 2.37. The van der Waals surface area contributed by atoms with Crippen LogP contribution in [0.3, 0.4) is 0 Å². The second-order valence-electron chi connectivity index (χ2n) is 4.72. The molecule has 3 N–H and O–H groups in total. The van der Waals surface area contributed by atoms with Gasteiger partial charge in [0.1, 0.15) is 0 Å². The summed E-state index contributed by atoms with van der Waals surface area (Å²) in [5.41, 5.74) is 3.98. The number of nitrogens with one attached hydrogen (secondary N) is 1. The predicted molar refractivity (Wildman–Crippen MR) is 66.1 cm³/mol. The molecule has 1 fully saturated rings. The zero-order valence-electron chi connectivity index (χ0n) is 10.6. The maximum atomic E-state index is 5.66. The molecule has 1 aromatic heterocycles. The zero-order valence-corrected chi connectivity index (χ0v) is 10.6. The Labute approximate surface area is 102 Å². The first-order valence-corrected chi connectivity index (χ1v) is 6.31. The Bertz CT molecular complexity index is 348. The van der Waals surface area contributed by atoms with Crippen molar-refractivity contribution in [3.63, 3.8) is 0 Å². The summed E-state index contributed by atoms with van der Waals surface area (Å²) in [7, 11) is 1.75. The topological polar surface area (TPSA) is 65.1 Å². The number of hydrogen-bond acceptors (Lipinski definition) is 4. The van der Waals surface area contributed by atoms with Crippen molar-refractivity contribution in [2.45, 2.75) is 44.9 Å². The van der Waals surface area contributed by atoms with Crippen LogP contribution >= 0.6 is 0 Å². The number of rotatable bonds is 7. The third kappa shape index (κ3) is 2.86. The number of aryl methyl sites for hydroxylation is 1. The van der Waals surface area contributed by atoms with E-state index in [1.165, 1.54) is 12.8 Å². The van der Waals surface area contributed by atoms with Crippen LogP contribution in [-0.2, 0) is 11.3 Å². The Balaban J connectivity index is 2.09. The normalized spacial score (nSPS) is 19.2. The molecule has 1 heterocycles. The van der Waals surface area contributed by atoms with Crippen LogP contribution in [0, 0.1) is 5.92 Å². The van der Waals surface area contributed by atoms with Gasteiger partial charge in [-0.3, -0.25) is 16.0 Å². The van der Waals surface area contributed by atoms with E-state index in [9.17, 15) is 0 Å². The van der Waals surface area contributed by atoms with E-state index in [0.717, 1.165) is 18.5 Å². The van der Waals surface area contributed by atoms with Gasteiger partial charge in [-0.1, -0.05) is 6.92 Å². The zero-order chi connectivity index (χ0) is 12.3. The summed E-state index contributed by atoms with van der Waals surface area (Å²) >= 11 is 0. The lowest BCUT2D eigenvalue weighted by Gasteiger charge is -2.24. The Kier molecular flexibility index (Phi) is 4.15. The van der Waals surface area contributed by atoms with Crippen LogP contribution in [-0.4, -0.2) is 23.0 Å². The third-order valence-electron chi connectivity index (χ3n) is 3.33. The van der Waals surface area contributed by atoms with Gasteiger partial charge in [0.25, 0.3) is 0 Å². The molecule has 2 unspecified atom stereocenters. The van der Waals surface area contributed by atoms with E-state index in [-0.39, 0.29) is 12.1 Å². The molecule has 0 radical (unpaired) electrons. The minimum absolute atomic E-state index is 0.0399. The standard InChI is InChI=1S/C12H22N4O/c1-3-6-16-8-10(7-14-16)11(15-13)12(17-2)9-4-5-9/h7-9,11-12,15H,3-6,13H2,1-2H3. The second kappa shape index (κ2) is 5.62. The van der Waals surface area contributed by atoms with E-state index in [0.29, 0.717) is 5.92 Å². The Morgan fingerprint density at radius 1 is 1.65 bits per heavy atom. The molecule has 1 aromatic rings. The predicted octanol–water partition coefficient (Wildman–Crippen LogP) is 1.22. The van der Waals surface area contributed by atoms with E-state index in [1.54, 1.807) is 7.11 Å². The first-order valence-electron chi connectivity index (χ1n) is 6.31. The number of nitrogens with two attached hydrogens (primary N) is 1. The summed E-state index contributed by atoms with van der Waals surface area (Å²) in [6.07, 6.45) is 7.65. The number of aromatic nitrogens is 2. The minimum Gasteiger partial charge on any atom is -0.379 e. The number of hydrogen-bond donors (Lipinski definition) is 2. The summed E-state index contributed by atoms with van der Waals surface area (Å²) in [6.45, 7) is 3.08. The molecule has 2 rings (SSSR count). The number of ether oxygens (including phenoxy) is 1. The van der Waals surface area contributed by atoms with Gasteiger partial charge >= 0.3 is 0 Å². The third-order valence-corrected chi connectivity index (χ3v) is 3.33. The average Bonchev–Trinajstić information content (AvgIpc) is 3.07. The van der Waals surface area contributed by atoms with Crippen molar-refractivity contribution >= 4 is 0 Å². The summed E-state index contributed by atoms with van der Waals surface area (Å²) < 4.78 is 7.53. The smallest absolute Gasteiger partial charge is 0.0808 e. The van der Waals surface area contributed by atoms with Crippen LogP contribution in [0.1, 0.15) is 37.8 Å². The Hall–Kier alpha value is -0.910. The highest BCUT2D eigenvalue weighted by molar-refractivity contribution is 5.14. The van der Waals surface area contributed by atoms with Crippen molar-refractivity contribution in [1.82, 2.24) is 15.2 Å². The molecule has 17 heavy (non-hydrogen) atoms. The van der Waals surface area contributed by atoms with Crippen LogP contribution in [0.2, 0.25) is 0 Å². The van der Waals surface area contributed by atoms with Crippen LogP contribution < -0.4 is 11.3 Å². The molecule has 5 heteroatoms. The first-order chi connectivity index (χ1) is 8.30. The molecule has 0 aromatic carbocycles. The van der Waals surface area contributed by atoms with Crippen molar-refractivity contribution in [3.8, 4) is 0 Å². The van der Waals surface area contributed by atoms with E-state index in [1.807, 2.05) is 10.9 Å². The highest BCUT2D eigenvalue weighted by Crippen LogP contribution is 2.39. The van der Waals surface area contributed by atoms with E-state index >= 15 is 0 Å². The van der Waals surface area contributed by atoms with Crippen LogP contribution in [0.5, 0.6) is 0 Å². The fourth-order valence-electron chi connectivity index (χ4n) is 2.30. The molecule has 0 spiro atoms. The van der Waals surface area contributed by atoms with Gasteiger partial charge in [0, 0.05) is 25.4 Å². The quantitative estimate of drug-likeness (QED) is 0.554. The van der Waals surface area contributed by atoms with Crippen molar-refractivity contribution in [1.29, 1.82) is 0 Å². The van der Waals surface area contributed by atoms with Crippen molar-refractivity contribution in [2.24, 2.45) is 11.8 Å². The van der Waals surface area contributed by atoms with Crippen LogP contribution in [0.15, 0.2) is 12.4 Å². The van der Waals surface area contributed by atoms with Gasteiger partial charge in [-0.25, -0.2) is 0 Å². The summed E-state index contributed by atoms with van der Waals surface area (Å²) in [6, 6.07) is 0.0399. The SMILES string of the molecule is CCCn1cc(C(NN)C(OC)C2CC2)cn1.